The van der Waals surface area contributed by atoms with Crippen molar-refractivity contribution in [2.75, 3.05) is 44.8 Å². The molecule has 1 aliphatic rings. The first-order valence-corrected chi connectivity index (χ1v) is 9.20. The Kier molecular flexibility index (Phi) is 6.36. The summed E-state index contributed by atoms with van der Waals surface area (Å²) in [5, 5.41) is 6.74. The van der Waals surface area contributed by atoms with Crippen molar-refractivity contribution in [3.05, 3.63) is 54.1 Å². The van der Waals surface area contributed by atoms with Crippen LogP contribution in [0.25, 0.3) is 0 Å². The maximum Gasteiger partial charge on any atom is 0.142 e. The van der Waals surface area contributed by atoms with Crippen molar-refractivity contribution in [3.63, 3.8) is 0 Å². The monoisotopic (exact) mass is 353 g/mol. The van der Waals surface area contributed by atoms with Crippen molar-refractivity contribution in [2.45, 2.75) is 13.3 Å². The van der Waals surface area contributed by atoms with E-state index in [2.05, 4.69) is 34.1 Å². The fourth-order valence-electron chi connectivity index (χ4n) is 2.96. The molecule has 1 saturated heterocycles. The molecule has 0 saturated carbocycles. The van der Waals surface area contributed by atoms with Crippen LogP contribution in [0.5, 0.6) is 11.5 Å². The SMILES string of the molecule is CCCOc1ccc(C=NN2CCN(c3ccccc3OC)CC2)cc1. The van der Waals surface area contributed by atoms with Gasteiger partial charge in [0.25, 0.3) is 0 Å². The Balaban J connectivity index is 1.53. The number of methoxy groups -OCH3 is 1. The Morgan fingerprint density at radius 2 is 1.73 bits per heavy atom. The minimum Gasteiger partial charge on any atom is -0.495 e. The largest absolute Gasteiger partial charge is 0.495 e. The van der Waals surface area contributed by atoms with Gasteiger partial charge in [-0.2, -0.15) is 5.10 Å². The zero-order valence-electron chi connectivity index (χ0n) is 15.6. The highest BCUT2D eigenvalue weighted by molar-refractivity contribution is 5.79. The molecule has 1 heterocycles. The predicted molar refractivity (Wildman–Crippen MR) is 107 cm³/mol. The molecule has 0 radical (unpaired) electrons. The number of benzene rings is 2. The topological polar surface area (TPSA) is 37.3 Å². The fourth-order valence-corrected chi connectivity index (χ4v) is 2.96. The van der Waals surface area contributed by atoms with Gasteiger partial charge in [0, 0.05) is 13.1 Å². The number of rotatable bonds is 7. The molecule has 0 unspecified atom stereocenters. The summed E-state index contributed by atoms with van der Waals surface area (Å²) in [6.07, 6.45) is 2.94. The molecule has 1 aliphatic heterocycles. The minimum atomic E-state index is 0.754. The molecule has 0 N–H and O–H groups in total. The van der Waals surface area contributed by atoms with Crippen LogP contribution in [0, 0.1) is 0 Å². The Hall–Kier alpha value is -2.69. The van der Waals surface area contributed by atoms with E-state index in [-0.39, 0.29) is 0 Å². The molecule has 138 valence electrons. The molecule has 0 aromatic heterocycles. The van der Waals surface area contributed by atoms with Gasteiger partial charge in [-0.1, -0.05) is 19.1 Å². The van der Waals surface area contributed by atoms with Crippen LogP contribution in [0.3, 0.4) is 0 Å². The molecule has 5 heteroatoms. The van der Waals surface area contributed by atoms with Gasteiger partial charge in [0.2, 0.25) is 0 Å². The maximum atomic E-state index is 5.61. The number of para-hydroxylation sites is 2. The smallest absolute Gasteiger partial charge is 0.142 e. The Bertz CT molecular complexity index is 707. The van der Waals surface area contributed by atoms with Crippen LogP contribution in [0.4, 0.5) is 5.69 Å². The number of anilines is 1. The zero-order valence-corrected chi connectivity index (χ0v) is 15.6. The number of nitrogens with zero attached hydrogens (tertiary/aromatic N) is 3. The quantitative estimate of drug-likeness (QED) is 0.712. The average molecular weight is 353 g/mol. The van der Waals surface area contributed by atoms with Gasteiger partial charge in [0.1, 0.15) is 11.5 Å². The van der Waals surface area contributed by atoms with Gasteiger partial charge in [-0.25, -0.2) is 0 Å². The number of hydrazone groups is 1. The summed E-state index contributed by atoms with van der Waals surface area (Å²) < 4.78 is 11.1. The second kappa shape index (κ2) is 9.13. The Morgan fingerprint density at radius 3 is 2.42 bits per heavy atom. The molecule has 2 aromatic carbocycles. The highest BCUT2D eigenvalue weighted by Crippen LogP contribution is 2.28. The van der Waals surface area contributed by atoms with Crippen LogP contribution in [-0.2, 0) is 0 Å². The molecule has 0 atom stereocenters. The summed E-state index contributed by atoms with van der Waals surface area (Å²) in [4.78, 5) is 2.35. The van der Waals surface area contributed by atoms with Crippen molar-refractivity contribution in [3.8, 4) is 11.5 Å². The Labute approximate surface area is 155 Å². The second-order valence-electron chi connectivity index (χ2n) is 6.27. The molecular formula is C21H27N3O2. The van der Waals surface area contributed by atoms with Crippen molar-refractivity contribution in [1.29, 1.82) is 0 Å². The van der Waals surface area contributed by atoms with Crippen molar-refractivity contribution in [1.82, 2.24) is 5.01 Å². The van der Waals surface area contributed by atoms with Crippen molar-refractivity contribution in [2.24, 2.45) is 5.10 Å². The molecule has 1 fully saturated rings. The molecule has 26 heavy (non-hydrogen) atoms. The molecule has 0 amide bonds. The van der Waals surface area contributed by atoms with Crippen LogP contribution >= 0.6 is 0 Å². The van der Waals surface area contributed by atoms with Gasteiger partial charge in [-0.05, 0) is 48.4 Å². The first-order valence-electron chi connectivity index (χ1n) is 9.20. The molecule has 3 rings (SSSR count). The second-order valence-corrected chi connectivity index (χ2v) is 6.27. The third-order valence-corrected chi connectivity index (χ3v) is 4.40. The van der Waals surface area contributed by atoms with Crippen LogP contribution in [0.1, 0.15) is 18.9 Å². The normalized spacial score (nSPS) is 14.7. The van der Waals surface area contributed by atoms with Crippen molar-refractivity contribution >= 4 is 11.9 Å². The van der Waals surface area contributed by atoms with Crippen molar-refractivity contribution < 1.29 is 9.47 Å². The first kappa shape index (κ1) is 18.1. The van der Waals surface area contributed by atoms with Gasteiger partial charge in [0.05, 0.1) is 38.7 Å². The summed E-state index contributed by atoms with van der Waals surface area (Å²) >= 11 is 0. The van der Waals surface area contributed by atoms with Gasteiger partial charge in [-0.15, -0.1) is 0 Å². The lowest BCUT2D eigenvalue weighted by Crippen LogP contribution is -2.44. The van der Waals surface area contributed by atoms with Gasteiger partial charge in [-0.3, -0.25) is 5.01 Å². The fraction of sp³-hybridized carbons (Fsp3) is 0.381. The average Bonchev–Trinajstić information content (AvgIpc) is 2.72. The number of hydrogen-bond donors (Lipinski definition) is 0. The van der Waals surface area contributed by atoms with E-state index in [0.717, 1.165) is 62.0 Å². The molecule has 0 spiro atoms. The van der Waals surface area contributed by atoms with Gasteiger partial charge >= 0.3 is 0 Å². The molecule has 2 aromatic rings. The zero-order chi connectivity index (χ0) is 18.2. The maximum absolute atomic E-state index is 5.61. The lowest BCUT2D eigenvalue weighted by molar-refractivity contribution is 0.271. The van der Waals surface area contributed by atoms with E-state index in [4.69, 9.17) is 9.47 Å². The Morgan fingerprint density at radius 1 is 1.00 bits per heavy atom. The van der Waals surface area contributed by atoms with Gasteiger partial charge < -0.3 is 14.4 Å². The van der Waals surface area contributed by atoms with Crippen LogP contribution in [0.2, 0.25) is 0 Å². The van der Waals surface area contributed by atoms with E-state index >= 15 is 0 Å². The molecular weight excluding hydrogens is 326 g/mol. The third-order valence-electron chi connectivity index (χ3n) is 4.40. The van der Waals surface area contributed by atoms with Gasteiger partial charge in [0.15, 0.2) is 0 Å². The summed E-state index contributed by atoms with van der Waals surface area (Å²) in [6.45, 7) is 6.51. The van der Waals surface area contributed by atoms with Crippen LogP contribution in [-0.4, -0.2) is 51.1 Å². The van der Waals surface area contributed by atoms with E-state index in [1.54, 1.807) is 7.11 Å². The van der Waals surface area contributed by atoms with Crippen LogP contribution < -0.4 is 14.4 Å². The van der Waals surface area contributed by atoms with E-state index in [9.17, 15) is 0 Å². The van der Waals surface area contributed by atoms with E-state index in [1.807, 2.05) is 42.6 Å². The minimum absolute atomic E-state index is 0.754. The molecule has 0 aliphatic carbocycles. The third kappa shape index (κ3) is 4.69. The highest BCUT2D eigenvalue weighted by atomic mass is 16.5. The molecule has 5 nitrogen and oxygen atoms in total. The van der Waals surface area contributed by atoms with E-state index in [0.29, 0.717) is 0 Å². The summed E-state index contributed by atoms with van der Waals surface area (Å²) in [5.41, 5.74) is 2.24. The van der Waals surface area contributed by atoms with E-state index in [1.165, 1.54) is 0 Å². The molecule has 0 bridgehead atoms. The summed E-state index contributed by atoms with van der Waals surface area (Å²) in [6, 6.07) is 16.2. The highest BCUT2D eigenvalue weighted by Gasteiger charge is 2.18. The van der Waals surface area contributed by atoms with Crippen LogP contribution in [0.15, 0.2) is 53.6 Å². The predicted octanol–water partition coefficient (Wildman–Crippen LogP) is 3.64. The number of ether oxygens (including phenoxy) is 2. The number of hydrogen-bond acceptors (Lipinski definition) is 5. The summed E-state index contributed by atoms with van der Waals surface area (Å²) in [7, 11) is 1.72. The van der Waals surface area contributed by atoms with E-state index < -0.39 is 0 Å². The lowest BCUT2D eigenvalue weighted by atomic mass is 10.2. The first-order chi connectivity index (χ1) is 12.8. The number of piperazine rings is 1. The lowest BCUT2D eigenvalue weighted by Gasteiger charge is -2.35. The standard InChI is InChI=1S/C21H27N3O2/c1-3-16-26-19-10-8-18(9-11-19)17-22-24-14-12-23(13-15-24)20-6-4-5-7-21(20)25-2/h4-11,17H,3,12-16H2,1-2H3. The summed E-state index contributed by atoms with van der Waals surface area (Å²) in [5.74, 6) is 1.84.